The van der Waals surface area contributed by atoms with Gasteiger partial charge in [0, 0.05) is 25.0 Å². The predicted molar refractivity (Wildman–Crippen MR) is 115 cm³/mol. The van der Waals surface area contributed by atoms with E-state index in [1.54, 1.807) is 35.3 Å². The Labute approximate surface area is 188 Å². The fraction of sp³-hybridized carbons (Fsp3) is 0.450. The number of nitrogens with zero attached hydrogens (tertiary/aromatic N) is 4. The van der Waals surface area contributed by atoms with Gasteiger partial charge in [0.2, 0.25) is 0 Å². The number of anilines is 1. The van der Waals surface area contributed by atoms with Gasteiger partial charge in [-0.1, -0.05) is 6.07 Å². The number of ether oxygens (including phenoxy) is 1. The van der Waals surface area contributed by atoms with Crippen LogP contribution in [0.15, 0.2) is 43.1 Å². The molecule has 33 heavy (non-hydrogen) atoms. The lowest BCUT2D eigenvalue weighted by atomic mass is 9.96. The van der Waals surface area contributed by atoms with Crippen LogP contribution in [0, 0.1) is 0 Å². The lowest BCUT2D eigenvalue weighted by Gasteiger charge is -2.30. The first-order valence-electron chi connectivity index (χ1n) is 10.4. The highest BCUT2D eigenvalue weighted by atomic mass is 31.2. The van der Waals surface area contributed by atoms with Crippen LogP contribution >= 0.6 is 7.82 Å². The van der Waals surface area contributed by atoms with E-state index in [1.807, 2.05) is 6.07 Å². The molecule has 12 nitrogen and oxygen atoms in total. The van der Waals surface area contributed by atoms with Gasteiger partial charge in [0.1, 0.15) is 35.6 Å². The Balaban J connectivity index is 1.31. The molecule has 2 aliphatic rings. The highest BCUT2D eigenvalue weighted by Gasteiger charge is 2.54. The van der Waals surface area contributed by atoms with Gasteiger partial charge in [0.05, 0.1) is 24.7 Å². The number of rotatable bonds is 5. The van der Waals surface area contributed by atoms with E-state index in [-0.39, 0.29) is 19.0 Å². The second-order valence-corrected chi connectivity index (χ2v) is 9.78. The van der Waals surface area contributed by atoms with Crippen molar-refractivity contribution in [3.05, 3.63) is 48.7 Å². The molecule has 0 aliphatic carbocycles. The standard InChI is InChI=1S/C20H24N5O7P/c1-20(27)16(26)15(31-19(20)25-7-4-13-17(21)23-11-24-18(13)25)10-30-33(28)29-8-5-14(32-33)12-3-2-6-22-9-12/h2-4,6-7,9,11,14-16,19,26-27H,5,8,10H2,1H3,(H2,21,23,24)/t14-,15+,16+,19+,20+,33+/m0/s1. The summed E-state index contributed by atoms with van der Waals surface area (Å²) in [6.07, 6.45) is 2.81. The third-order valence-corrected chi connectivity index (χ3v) is 7.36. The summed E-state index contributed by atoms with van der Waals surface area (Å²) in [6.45, 7) is 1.27. The molecule has 0 bridgehead atoms. The van der Waals surface area contributed by atoms with Crippen molar-refractivity contribution in [2.45, 2.75) is 43.5 Å². The van der Waals surface area contributed by atoms with Crippen molar-refractivity contribution in [2.24, 2.45) is 0 Å². The molecule has 0 saturated carbocycles. The first kappa shape index (κ1) is 22.4. The molecular weight excluding hydrogens is 453 g/mol. The quantitative estimate of drug-likeness (QED) is 0.458. The second kappa shape index (κ2) is 8.41. The molecule has 3 aromatic rings. The average Bonchev–Trinajstić information content (AvgIpc) is 3.33. The van der Waals surface area contributed by atoms with Gasteiger partial charge in [-0.15, -0.1) is 0 Å². The first-order valence-corrected chi connectivity index (χ1v) is 11.8. The van der Waals surface area contributed by atoms with Crippen molar-refractivity contribution in [2.75, 3.05) is 18.9 Å². The Bertz CT molecular complexity index is 1190. The minimum atomic E-state index is -3.93. The number of hydrogen-bond donors (Lipinski definition) is 3. The molecule has 0 radical (unpaired) electrons. The molecule has 0 amide bonds. The summed E-state index contributed by atoms with van der Waals surface area (Å²) >= 11 is 0. The summed E-state index contributed by atoms with van der Waals surface area (Å²) in [7, 11) is -3.93. The molecule has 3 aromatic heterocycles. The molecule has 2 fully saturated rings. The molecule has 0 unspecified atom stereocenters. The van der Waals surface area contributed by atoms with E-state index < -0.39 is 38.0 Å². The number of pyridine rings is 1. The van der Waals surface area contributed by atoms with Crippen LogP contribution in [0.3, 0.4) is 0 Å². The normalized spacial score (nSPS) is 34.6. The number of nitrogens with two attached hydrogens (primary N) is 1. The van der Waals surface area contributed by atoms with Gasteiger partial charge >= 0.3 is 7.82 Å². The molecule has 6 atom stereocenters. The molecule has 13 heteroatoms. The number of phosphoric ester groups is 1. The maximum Gasteiger partial charge on any atom is 0.475 e. The first-order chi connectivity index (χ1) is 15.8. The number of fused-ring (bicyclic) bond motifs is 1. The molecule has 2 aliphatic heterocycles. The molecule has 2 saturated heterocycles. The molecule has 4 N–H and O–H groups in total. The molecule has 5 heterocycles. The summed E-state index contributed by atoms with van der Waals surface area (Å²) in [4.78, 5) is 12.2. The summed E-state index contributed by atoms with van der Waals surface area (Å²) in [5, 5.41) is 22.4. The number of aliphatic hydroxyl groups is 2. The van der Waals surface area contributed by atoms with E-state index in [9.17, 15) is 14.8 Å². The molecule has 0 aromatic carbocycles. The molecular formula is C20H24N5O7P. The highest BCUT2D eigenvalue weighted by Crippen LogP contribution is 2.57. The maximum absolute atomic E-state index is 13.0. The smallest absolute Gasteiger partial charge is 0.387 e. The number of phosphoric acid groups is 1. The predicted octanol–water partition coefficient (Wildman–Crippen LogP) is 1.72. The van der Waals surface area contributed by atoms with Crippen LogP contribution in [0.2, 0.25) is 0 Å². The van der Waals surface area contributed by atoms with Gasteiger partial charge in [0.25, 0.3) is 0 Å². The van der Waals surface area contributed by atoms with E-state index in [0.29, 0.717) is 17.5 Å². The van der Waals surface area contributed by atoms with Crippen molar-refractivity contribution in [1.29, 1.82) is 0 Å². The topological polar surface area (TPSA) is 164 Å². The number of hydrogen-bond acceptors (Lipinski definition) is 11. The van der Waals surface area contributed by atoms with Crippen LogP contribution in [0.25, 0.3) is 11.0 Å². The van der Waals surface area contributed by atoms with Crippen molar-refractivity contribution >= 4 is 24.7 Å². The average molecular weight is 477 g/mol. The van der Waals surface area contributed by atoms with Crippen molar-refractivity contribution in [3.63, 3.8) is 0 Å². The number of aromatic nitrogens is 4. The van der Waals surface area contributed by atoms with Gasteiger partial charge in [-0.3, -0.25) is 18.6 Å². The summed E-state index contributed by atoms with van der Waals surface area (Å²) in [5.74, 6) is 0.282. The van der Waals surface area contributed by atoms with Crippen LogP contribution in [0.4, 0.5) is 5.82 Å². The Morgan fingerprint density at radius 3 is 3.03 bits per heavy atom. The fourth-order valence-corrected chi connectivity index (χ4v) is 5.49. The van der Waals surface area contributed by atoms with E-state index in [1.165, 1.54) is 13.3 Å². The van der Waals surface area contributed by atoms with Gasteiger partial charge in [-0.2, -0.15) is 0 Å². The lowest BCUT2D eigenvalue weighted by Crippen LogP contribution is -2.44. The van der Waals surface area contributed by atoms with Crippen molar-refractivity contribution < 1.29 is 33.1 Å². The zero-order valence-electron chi connectivity index (χ0n) is 17.7. The third kappa shape index (κ3) is 4.04. The van der Waals surface area contributed by atoms with Crippen LogP contribution in [0.5, 0.6) is 0 Å². The Morgan fingerprint density at radius 2 is 2.24 bits per heavy atom. The minimum absolute atomic E-state index is 0.168. The van der Waals surface area contributed by atoms with Crippen LogP contribution in [-0.4, -0.2) is 60.8 Å². The highest BCUT2D eigenvalue weighted by molar-refractivity contribution is 7.48. The third-order valence-electron chi connectivity index (χ3n) is 5.89. The zero-order chi connectivity index (χ0) is 23.2. The van der Waals surface area contributed by atoms with Crippen LogP contribution in [0.1, 0.15) is 31.2 Å². The summed E-state index contributed by atoms with van der Waals surface area (Å²) < 4.78 is 36.9. The largest absolute Gasteiger partial charge is 0.475 e. The maximum atomic E-state index is 13.0. The van der Waals surface area contributed by atoms with Gasteiger partial charge in [-0.05, 0) is 24.6 Å². The lowest BCUT2D eigenvalue weighted by molar-refractivity contribution is -0.0950. The monoisotopic (exact) mass is 477 g/mol. The van der Waals surface area contributed by atoms with Gasteiger partial charge in [0.15, 0.2) is 6.23 Å². The Kier molecular flexibility index (Phi) is 5.69. The zero-order valence-corrected chi connectivity index (χ0v) is 18.6. The van der Waals surface area contributed by atoms with E-state index in [2.05, 4.69) is 15.0 Å². The Morgan fingerprint density at radius 1 is 1.39 bits per heavy atom. The second-order valence-electron chi connectivity index (χ2n) is 8.16. The fourth-order valence-electron chi connectivity index (χ4n) is 4.09. The minimum Gasteiger partial charge on any atom is -0.387 e. The SMILES string of the molecule is C[C@@]1(O)[C@H](O)[C@@H](CO[P@@]2(=O)OCC[C@@H](c3cccnc3)O2)O[C@H]1n1ccc2c(N)ncnc21. The summed E-state index contributed by atoms with van der Waals surface area (Å²) in [5.41, 5.74) is 5.37. The van der Waals surface area contributed by atoms with Crippen molar-refractivity contribution in [3.8, 4) is 0 Å². The molecule has 176 valence electrons. The molecule has 0 spiro atoms. The van der Waals surface area contributed by atoms with E-state index >= 15 is 0 Å². The van der Waals surface area contributed by atoms with Crippen molar-refractivity contribution in [1.82, 2.24) is 19.5 Å². The Hall–Kier alpha value is -2.44. The van der Waals surface area contributed by atoms with Gasteiger partial charge in [-0.25, -0.2) is 14.5 Å². The number of aliphatic hydroxyl groups excluding tert-OH is 1. The summed E-state index contributed by atoms with van der Waals surface area (Å²) in [6, 6.07) is 5.27. The van der Waals surface area contributed by atoms with E-state index in [0.717, 1.165) is 5.56 Å². The van der Waals surface area contributed by atoms with E-state index in [4.69, 9.17) is 24.0 Å². The van der Waals surface area contributed by atoms with Crippen LogP contribution < -0.4 is 5.73 Å². The number of nitrogen functional groups attached to an aromatic ring is 1. The van der Waals surface area contributed by atoms with Crippen LogP contribution in [-0.2, 0) is 22.9 Å². The molecule has 5 rings (SSSR count). The van der Waals surface area contributed by atoms with Gasteiger partial charge < -0.3 is 25.3 Å².